The van der Waals surface area contributed by atoms with Crippen molar-refractivity contribution >= 4 is 56.3 Å². The number of aromatic nitrogens is 2. The molecule has 1 amide bonds. The summed E-state index contributed by atoms with van der Waals surface area (Å²) in [6.45, 7) is 1.67. The number of amides is 1. The fourth-order valence-corrected chi connectivity index (χ4v) is 5.27. The fraction of sp³-hybridized carbons (Fsp3) is 0.227. The molecule has 2 N–H and O–H groups in total. The molecule has 11 heteroatoms. The quantitative estimate of drug-likeness (QED) is 0.521. The van der Waals surface area contributed by atoms with Gasteiger partial charge in [0.05, 0.1) is 27.1 Å². The van der Waals surface area contributed by atoms with Crippen LogP contribution < -0.4 is 10.6 Å². The van der Waals surface area contributed by atoms with E-state index in [-0.39, 0.29) is 27.1 Å². The molecule has 4 rings (SSSR count). The van der Waals surface area contributed by atoms with E-state index in [1.165, 1.54) is 0 Å². The molecule has 0 radical (unpaired) electrons. The van der Waals surface area contributed by atoms with Crippen molar-refractivity contribution in [3.05, 3.63) is 76.0 Å². The summed E-state index contributed by atoms with van der Waals surface area (Å²) < 4.78 is 23.2. The maximum absolute atomic E-state index is 12.6. The SMILES string of the molecule is O=C(Nc1ccnc(Nc2cc(CN3CCS(=O)(=O)CC3)ccn2)c1)c1c(Cl)cccc1Cl. The minimum Gasteiger partial charge on any atom is -0.325 e. The average Bonchev–Trinajstić information content (AvgIpc) is 2.76. The number of nitrogens with zero attached hydrogens (tertiary/aromatic N) is 3. The lowest BCUT2D eigenvalue weighted by Crippen LogP contribution is -2.39. The summed E-state index contributed by atoms with van der Waals surface area (Å²) in [4.78, 5) is 23.3. The van der Waals surface area contributed by atoms with Crippen molar-refractivity contribution in [1.29, 1.82) is 0 Å². The fourth-order valence-electron chi connectivity index (χ4n) is 3.42. The Morgan fingerprint density at radius 3 is 2.30 bits per heavy atom. The highest BCUT2D eigenvalue weighted by atomic mass is 35.5. The maximum atomic E-state index is 12.6. The van der Waals surface area contributed by atoms with Crippen molar-refractivity contribution in [2.45, 2.75) is 6.54 Å². The van der Waals surface area contributed by atoms with E-state index in [2.05, 4.69) is 25.5 Å². The number of sulfone groups is 1. The van der Waals surface area contributed by atoms with Gasteiger partial charge in [0.2, 0.25) is 0 Å². The molecule has 0 atom stereocenters. The van der Waals surface area contributed by atoms with Crippen LogP contribution in [0.5, 0.6) is 0 Å². The number of carbonyl (C=O) groups is 1. The normalized spacial score (nSPS) is 15.7. The summed E-state index contributed by atoms with van der Waals surface area (Å²) in [6.07, 6.45) is 3.24. The molecule has 0 saturated carbocycles. The van der Waals surface area contributed by atoms with Crippen LogP contribution in [-0.4, -0.2) is 53.8 Å². The lowest BCUT2D eigenvalue weighted by molar-refractivity contribution is 0.102. The second kappa shape index (κ2) is 10.0. The van der Waals surface area contributed by atoms with Crippen LogP contribution in [0.2, 0.25) is 10.0 Å². The largest absolute Gasteiger partial charge is 0.325 e. The Bertz CT molecular complexity index is 1250. The third kappa shape index (κ3) is 6.20. The van der Waals surface area contributed by atoms with Gasteiger partial charge in [0.15, 0.2) is 9.84 Å². The summed E-state index contributed by atoms with van der Waals surface area (Å²) in [6, 6.07) is 12.0. The minimum absolute atomic E-state index is 0.186. The topological polar surface area (TPSA) is 104 Å². The molecule has 33 heavy (non-hydrogen) atoms. The summed E-state index contributed by atoms with van der Waals surface area (Å²) in [5.41, 5.74) is 1.72. The lowest BCUT2D eigenvalue weighted by atomic mass is 10.2. The molecule has 0 aliphatic carbocycles. The van der Waals surface area contributed by atoms with Gasteiger partial charge in [-0.1, -0.05) is 29.3 Å². The van der Waals surface area contributed by atoms with Crippen molar-refractivity contribution in [3.8, 4) is 0 Å². The van der Waals surface area contributed by atoms with Gasteiger partial charge < -0.3 is 10.6 Å². The molecule has 1 aliphatic heterocycles. The molecule has 0 unspecified atom stereocenters. The predicted molar refractivity (Wildman–Crippen MR) is 130 cm³/mol. The van der Waals surface area contributed by atoms with Crippen molar-refractivity contribution in [1.82, 2.24) is 14.9 Å². The second-order valence-electron chi connectivity index (χ2n) is 7.58. The standard InChI is InChI=1S/C22H21Cl2N5O3S/c23-17-2-1-3-18(24)21(17)22(30)27-16-5-7-26-20(13-16)28-19-12-15(4-6-25-19)14-29-8-10-33(31,32)11-9-29/h1-7,12-13H,8-11,14H2,(H2,25,26,27,28,30). The molecule has 1 saturated heterocycles. The molecule has 3 heterocycles. The third-order valence-corrected chi connectivity index (χ3v) is 7.37. The van der Waals surface area contributed by atoms with Gasteiger partial charge in [-0.05, 0) is 35.9 Å². The van der Waals surface area contributed by atoms with E-state index in [1.807, 2.05) is 12.1 Å². The average molecular weight is 506 g/mol. The van der Waals surface area contributed by atoms with E-state index in [0.717, 1.165) is 5.56 Å². The van der Waals surface area contributed by atoms with E-state index < -0.39 is 15.7 Å². The summed E-state index contributed by atoms with van der Waals surface area (Å²) in [5.74, 6) is 1.02. The summed E-state index contributed by atoms with van der Waals surface area (Å²) >= 11 is 12.2. The van der Waals surface area contributed by atoms with Crippen LogP contribution in [0.25, 0.3) is 0 Å². The molecule has 2 aromatic heterocycles. The molecule has 0 bridgehead atoms. The van der Waals surface area contributed by atoms with Crippen molar-refractivity contribution in [2.75, 3.05) is 35.2 Å². The molecule has 1 fully saturated rings. The second-order valence-corrected chi connectivity index (χ2v) is 10.7. The summed E-state index contributed by atoms with van der Waals surface area (Å²) in [5, 5.41) is 6.43. The van der Waals surface area contributed by atoms with Crippen LogP contribution in [0.4, 0.5) is 17.3 Å². The first-order valence-corrected chi connectivity index (χ1v) is 12.7. The van der Waals surface area contributed by atoms with Crippen LogP contribution in [0, 0.1) is 0 Å². The molecule has 3 aromatic rings. The smallest absolute Gasteiger partial charge is 0.258 e. The highest BCUT2D eigenvalue weighted by Crippen LogP contribution is 2.26. The number of hydrogen-bond acceptors (Lipinski definition) is 7. The van der Waals surface area contributed by atoms with E-state index >= 15 is 0 Å². The molecular formula is C22H21Cl2N5O3S. The van der Waals surface area contributed by atoms with E-state index in [1.54, 1.807) is 42.7 Å². The van der Waals surface area contributed by atoms with Gasteiger partial charge in [-0.15, -0.1) is 0 Å². The van der Waals surface area contributed by atoms with Crippen molar-refractivity contribution in [2.24, 2.45) is 0 Å². The van der Waals surface area contributed by atoms with Crippen LogP contribution in [-0.2, 0) is 16.4 Å². The zero-order valence-corrected chi connectivity index (χ0v) is 19.8. The number of pyridine rings is 2. The van der Waals surface area contributed by atoms with Crippen LogP contribution >= 0.6 is 23.2 Å². The summed E-state index contributed by atoms with van der Waals surface area (Å²) in [7, 11) is -2.91. The van der Waals surface area contributed by atoms with E-state index in [9.17, 15) is 13.2 Å². The Morgan fingerprint density at radius 1 is 0.970 bits per heavy atom. The molecule has 172 valence electrons. The van der Waals surface area contributed by atoms with Crippen LogP contribution in [0.1, 0.15) is 15.9 Å². The van der Waals surface area contributed by atoms with E-state index in [0.29, 0.717) is 37.0 Å². The zero-order chi connectivity index (χ0) is 23.4. The number of benzene rings is 1. The third-order valence-electron chi connectivity index (χ3n) is 5.13. The Morgan fingerprint density at radius 2 is 1.61 bits per heavy atom. The zero-order valence-electron chi connectivity index (χ0n) is 17.5. The molecule has 1 aliphatic rings. The first-order chi connectivity index (χ1) is 15.8. The van der Waals surface area contributed by atoms with Crippen LogP contribution in [0.15, 0.2) is 54.9 Å². The lowest BCUT2D eigenvalue weighted by Gasteiger charge is -2.26. The molecular weight excluding hydrogens is 485 g/mol. The first kappa shape index (κ1) is 23.4. The number of rotatable bonds is 6. The number of halogens is 2. The highest BCUT2D eigenvalue weighted by molar-refractivity contribution is 7.91. The Labute approximate surface area is 201 Å². The van der Waals surface area contributed by atoms with Gasteiger partial charge in [-0.3, -0.25) is 9.69 Å². The number of anilines is 3. The Balaban J connectivity index is 1.42. The van der Waals surface area contributed by atoms with Crippen LogP contribution in [0.3, 0.4) is 0 Å². The molecule has 1 aromatic carbocycles. The van der Waals surface area contributed by atoms with Gasteiger partial charge in [0.25, 0.3) is 5.91 Å². The number of carbonyl (C=O) groups excluding carboxylic acids is 1. The van der Waals surface area contributed by atoms with Gasteiger partial charge >= 0.3 is 0 Å². The van der Waals surface area contributed by atoms with Gasteiger partial charge in [-0.2, -0.15) is 0 Å². The first-order valence-electron chi connectivity index (χ1n) is 10.2. The van der Waals surface area contributed by atoms with Crippen molar-refractivity contribution < 1.29 is 13.2 Å². The van der Waals surface area contributed by atoms with E-state index in [4.69, 9.17) is 23.2 Å². The monoisotopic (exact) mass is 505 g/mol. The number of nitrogens with one attached hydrogen (secondary N) is 2. The Hall–Kier alpha value is -2.72. The minimum atomic E-state index is -2.91. The van der Waals surface area contributed by atoms with Gasteiger partial charge in [-0.25, -0.2) is 18.4 Å². The van der Waals surface area contributed by atoms with Crippen molar-refractivity contribution in [3.63, 3.8) is 0 Å². The predicted octanol–water partition coefficient (Wildman–Crippen LogP) is 4.01. The molecule has 8 nitrogen and oxygen atoms in total. The molecule has 0 spiro atoms. The highest BCUT2D eigenvalue weighted by Gasteiger charge is 2.21. The van der Waals surface area contributed by atoms with Gasteiger partial charge in [0.1, 0.15) is 11.6 Å². The Kier molecular flexibility index (Phi) is 7.14. The maximum Gasteiger partial charge on any atom is 0.258 e. The van der Waals surface area contributed by atoms with Gasteiger partial charge in [0, 0.05) is 43.8 Å². The number of hydrogen-bond donors (Lipinski definition) is 2.